The van der Waals surface area contributed by atoms with Gasteiger partial charge in [0.05, 0.1) is 27.5 Å². The van der Waals surface area contributed by atoms with Crippen LogP contribution in [0.4, 0.5) is 5.82 Å². The Morgan fingerprint density at radius 3 is 2.48 bits per heavy atom. The van der Waals surface area contributed by atoms with Gasteiger partial charge in [0.2, 0.25) is 0 Å². The quantitative estimate of drug-likeness (QED) is 0.383. The van der Waals surface area contributed by atoms with E-state index in [1.165, 1.54) is 11.9 Å². The zero-order valence-electron chi connectivity index (χ0n) is 16.6. The molecule has 2 heterocycles. The molecule has 2 aromatic heterocycles. The fourth-order valence-corrected chi connectivity index (χ4v) is 3.21. The van der Waals surface area contributed by atoms with Crippen LogP contribution < -0.4 is 19.6 Å². The van der Waals surface area contributed by atoms with Crippen LogP contribution in [-0.2, 0) is 0 Å². The molecule has 4 aromatic rings. The average Bonchev–Trinajstić information content (AvgIpc) is 3.12. The summed E-state index contributed by atoms with van der Waals surface area (Å²) < 4.78 is 16.1. The zero-order valence-corrected chi connectivity index (χ0v) is 16.6. The highest BCUT2D eigenvalue weighted by Crippen LogP contribution is 2.34. The highest BCUT2D eigenvalue weighted by atomic mass is 16.5. The minimum absolute atomic E-state index is 0.583. The molecular weight excluding hydrogens is 370 g/mol. The SMILES string of the molecule is COc1cc(OC)c(OC)cc1/C=N\Nc1ncnc2c1[nH]c1ccc(C)cc12. The summed E-state index contributed by atoms with van der Waals surface area (Å²) in [4.78, 5) is 12.1. The number of hydrogen-bond acceptors (Lipinski definition) is 7. The maximum atomic E-state index is 5.43. The molecule has 148 valence electrons. The second-order valence-corrected chi connectivity index (χ2v) is 6.44. The number of nitrogens with zero attached hydrogens (tertiary/aromatic N) is 3. The van der Waals surface area contributed by atoms with E-state index in [1.54, 1.807) is 39.7 Å². The summed E-state index contributed by atoms with van der Waals surface area (Å²) in [6, 6.07) is 9.74. The van der Waals surface area contributed by atoms with E-state index in [4.69, 9.17) is 14.2 Å². The summed E-state index contributed by atoms with van der Waals surface area (Å²) in [5.41, 5.74) is 7.53. The van der Waals surface area contributed by atoms with Crippen molar-refractivity contribution in [1.29, 1.82) is 0 Å². The van der Waals surface area contributed by atoms with Gasteiger partial charge < -0.3 is 19.2 Å². The van der Waals surface area contributed by atoms with E-state index in [2.05, 4.69) is 44.5 Å². The van der Waals surface area contributed by atoms with E-state index < -0.39 is 0 Å². The van der Waals surface area contributed by atoms with Gasteiger partial charge in [0.1, 0.15) is 23.1 Å². The highest BCUT2D eigenvalue weighted by Gasteiger charge is 2.12. The van der Waals surface area contributed by atoms with Crippen molar-refractivity contribution in [2.24, 2.45) is 5.10 Å². The Kier molecular flexibility index (Phi) is 4.90. The lowest BCUT2D eigenvalue weighted by Gasteiger charge is -2.11. The molecule has 0 aliphatic rings. The number of methoxy groups -OCH3 is 3. The van der Waals surface area contributed by atoms with Gasteiger partial charge in [-0.3, -0.25) is 5.43 Å². The van der Waals surface area contributed by atoms with E-state index in [0.717, 1.165) is 27.5 Å². The molecule has 0 radical (unpaired) electrons. The predicted octanol–water partition coefficient (Wildman–Crippen LogP) is 3.89. The molecule has 0 saturated heterocycles. The van der Waals surface area contributed by atoms with Crippen molar-refractivity contribution in [3.8, 4) is 17.2 Å². The third kappa shape index (κ3) is 3.40. The van der Waals surface area contributed by atoms with Crippen molar-refractivity contribution >= 4 is 34.0 Å². The van der Waals surface area contributed by atoms with E-state index in [0.29, 0.717) is 23.1 Å². The van der Waals surface area contributed by atoms with Gasteiger partial charge >= 0.3 is 0 Å². The van der Waals surface area contributed by atoms with Crippen LogP contribution in [0.25, 0.3) is 21.9 Å². The first-order chi connectivity index (χ1) is 14.1. The number of H-pyrrole nitrogens is 1. The summed E-state index contributed by atoms with van der Waals surface area (Å²) in [6.07, 6.45) is 3.16. The summed E-state index contributed by atoms with van der Waals surface area (Å²) in [7, 11) is 4.75. The molecule has 0 unspecified atom stereocenters. The van der Waals surface area contributed by atoms with E-state index >= 15 is 0 Å². The minimum atomic E-state index is 0.583. The van der Waals surface area contributed by atoms with Gasteiger partial charge in [0.15, 0.2) is 17.3 Å². The largest absolute Gasteiger partial charge is 0.496 e. The molecule has 29 heavy (non-hydrogen) atoms. The first-order valence-corrected chi connectivity index (χ1v) is 8.96. The summed E-state index contributed by atoms with van der Waals surface area (Å²) in [6.45, 7) is 2.05. The summed E-state index contributed by atoms with van der Waals surface area (Å²) in [5, 5.41) is 5.38. The maximum absolute atomic E-state index is 5.43. The number of anilines is 1. The number of benzene rings is 2. The molecule has 2 aromatic carbocycles. The summed E-state index contributed by atoms with van der Waals surface area (Å²) in [5.74, 6) is 2.37. The van der Waals surface area contributed by atoms with Crippen molar-refractivity contribution in [2.45, 2.75) is 6.92 Å². The molecule has 8 heteroatoms. The van der Waals surface area contributed by atoms with Crippen LogP contribution in [0.1, 0.15) is 11.1 Å². The second kappa shape index (κ2) is 7.67. The van der Waals surface area contributed by atoms with Crippen LogP contribution in [0, 0.1) is 6.92 Å². The molecule has 0 atom stereocenters. The molecule has 2 N–H and O–H groups in total. The lowest BCUT2D eigenvalue weighted by molar-refractivity contribution is 0.349. The highest BCUT2D eigenvalue weighted by molar-refractivity contribution is 6.08. The van der Waals surface area contributed by atoms with E-state index in [9.17, 15) is 0 Å². The van der Waals surface area contributed by atoms with Gasteiger partial charge in [0, 0.05) is 22.5 Å². The van der Waals surface area contributed by atoms with Crippen molar-refractivity contribution in [3.05, 3.63) is 47.8 Å². The van der Waals surface area contributed by atoms with Crippen LogP contribution in [0.2, 0.25) is 0 Å². The number of hydrazone groups is 1. The number of fused-ring (bicyclic) bond motifs is 3. The topological polar surface area (TPSA) is 93.7 Å². The standard InChI is InChI=1S/C21H21N5O3/c1-12-5-6-15-14(7-12)19-20(25-15)21(23-11-22-19)26-24-10-13-8-17(28-3)18(29-4)9-16(13)27-2/h5-11,25H,1-4H3,(H,22,23,26)/b24-10-. The number of ether oxygens (including phenoxy) is 3. The average molecular weight is 391 g/mol. The Labute approximate surface area is 167 Å². The van der Waals surface area contributed by atoms with Crippen LogP contribution in [0.5, 0.6) is 17.2 Å². The van der Waals surface area contributed by atoms with Crippen LogP contribution >= 0.6 is 0 Å². The molecule has 0 aliphatic carbocycles. The fourth-order valence-electron chi connectivity index (χ4n) is 3.21. The molecule has 0 aliphatic heterocycles. The van der Waals surface area contributed by atoms with Crippen LogP contribution in [0.3, 0.4) is 0 Å². The first-order valence-electron chi connectivity index (χ1n) is 8.96. The van der Waals surface area contributed by atoms with E-state index in [1.807, 2.05) is 6.07 Å². The Hall–Kier alpha value is -3.81. The summed E-state index contributed by atoms with van der Waals surface area (Å²) >= 11 is 0. The molecule has 0 bridgehead atoms. The molecule has 4 rings (SSSR count). The second-order valence-electron chi connectivity index (χ2n) is 6.44. The van der Waals surface area contributed by atoms with E-state index in [-0.39, 0.29) is 0 Å². The lowest BCUT2D eigenvalue weighted by atomic mass is 10.2. The van der Waals surface area contributed by atoms with Gasteiger partial charge in [-0.05, 0) is 25.1 Å². The minimum Gasteiger partial charge on any atom is -0.496 e. The van der Waals surface area contributed by atoms with Gasteiger partial charge in [0.25, 0.3) is 0 Å². The molecule has 8 nitrogen and oxygen atoms in total. The number of rotatable bonds is 6. The number of aromatic amines is 1. The fraction of sp³-hybridized carbons (Fsp3) is 0.190. The Balaban J connectivity index is 1.68. The predicted molar refractivity (Wildman–Crippen MR) is 113 cm³/mol. The van der Waals surface area contributed by atoms with Crippen LogP contribution in [0.15, 0.2) is 41.8 Å². The third-order valence-corrected chi connectivity index (χ3v) is 4.65. The van der Waals surface area contributed by atoms with Crippen molar-refractivity contribution in [2.75, 3.05) is 26.8 Å². The van der Waals surface area contributed by atoms with Crippen molar-refractivity contribution in [3.63, 3.8) is 0 Å². The van der Waals surface area contributed by atoms with Gasteiger partial charge in [-0.25, -0.2) is 9.97 Å². The maximum Gasteiger partial charge on any atom is 0.174 e. The Bertz CT molecular complexity index is 1220. The molecule has 0 spiro atoms. The number of aromatic nitrogens is 3. The van der Waals surface area contributed by atoms with Gasteiger partial charge in [-0.2, -0.15) is 5.10 Å². The van der Waals surface area contributed by atoms with Crippen LogP contribution in [-0.4, -0.2) is 42.5 Å². The molecule has 0 saturated carbocycles. The van der Waals surface area contributed by atoms with Crippen molar-refractivity contribution in [1.82, 2.24) is 15.0 Å². The molecule has 0 fully saturated rings. The number of hydrogen-bond donors (Lipinski definition) is 2. The van der Waals surface area contributed by atoms with Gasteiger partial charge in [-0.1, -0.05) is 11.6 Å². The Morgan fingerprint density at radius 1 is 0.966 bits per heavy atom. The van der Waals surface area contributed by atoms with Gasteiger partial charge in [-0.15, -0.1) is 0 Å². The lowest BCUT2D eigenvalue weighted by Crippen LogP contribution is -1.99. The monoisotopic (exact) mass is 391 g/mol. The molecule has 0 amide bonds. The normalized spacial score (nSPS) is 11.3. The molecular formula is C21H21N5O3. The number of nitrogens with one attached hydrogen (secondary N) is 2. The zero-order chi connectivity index (χ0) is 20.4. The Morgan fingerprint density at radius 2 is 1.72 bits per heavy atom. The smallest absolute Gasteiger partial charge is 0.174 e. The number of aryl methyl sites for hydroxylation is 1. The first kappa shape index (κ1) is 18.5. The van der Waals surface area contributed by atoms with Crippen molar-refractivity contribution < 1.29 is 14.2 Å². The third-order valence-electron chi connectivity index (χ3n) is 4.65.